The number of fused-ring (bicyclic) bond motifs is 1. The molecule has 2 heterocycles. The first-order valence-corrected chi connectivity index (χ1v) is 7.38. The minimum Gasteiger partial charge on any atom is -0.396 e. The van der Waals surface area contributed by atoms with Crippen LogP contribution in [0.2, 0.25) is 5.02 Å². The maximum absolute atomic E-state index is 13.5. The number of benzene rings is 1. The highest BCUT2D eigenvalue weighted by Gasteiger charge is 2.14. The molecular formula is C16H14ClFN4O. The number of hydrogen-bond donors (Lipinski definition) is 2. The van der Waals surface area contributed by atoms with E-state index < -0.39 is 11.7 Å². The van der Waals surface area contributed by atoms with Crippen molar-refractivity contribution in [1.82, 2.24) is 14.7 Å². The number of nitrogens with two attached hydrogens (primary N) is 1. The van der Waals surface area contributed by atoms with Crippen LogP contribution in [0.5, 0.6) is 0 Å². The average Bonchev–Trinajstić information content (AvgIpc) is 2.93. The predicted octanol–water partition coefficient (Wildman–Crippen LogP) is 2.68. The molecule has 0 saturated carbocycles. The lowest BCUT2D eigenvalue weighted by Gasteiger charge is -2.08. The third kappa shape index (κ3) is 3.27. The number of pyridine rings is 1. The van der Waals surface area contributed by atoms with Crippen LogP contribution in [0, 0.1) is 5.82 Å². The number of rotatable bonds is 4. The maximum Gasteiger partial charge on any atom is 0.253 e. The van der Waals surface area contributed by atoms with Crippen LogP contribution >= 0.6 is 11.6 Å². The summed E-state index contributed by atoms with van der Waals surface area (Å²) in [7, 11) is 0. The van der Waals surface area contributed by atoms with Gasteiger partial charge in [-0.1, -0.05) is 17.7 Å². The molecular weight excluding hydrogens is 319 g/mol. The topological polar surface area (TPSA) is 72.4 Å². The zero-order valence-corrected chi connectivity index (χ0v) is 12.8. The van der Waals surface area contributed by atoms with E-state index in [4.69, 9.17) is 17.3 Å². The van der Waals surface area contributed by atoms with Crippen molar-refractivity contribution in [2.24, 2.45) is 0 Å². The van der Waals surface area contributed by atoms with E-state index in [-0.39, 0.29) is 16.3 Å². The van der Waals surface area contributed by atoms with E-state index in [9.17, 15) is 9.18 Å². The van der Waals surface area contributed by atoms with Gasteiger partial charge in [-0.25, -0.2) is 9.37 Å². The van der Waals surface area contributed by atoms with Gasteiger partial charge in [-0.05, 0) is 24.3 Å². The lowest BCUT2D eigenvalue weighted by molar-refractivity contribution is 0.0954. The molecule has 0 bridgehead atoms. The summed E-state index contributed by atoms with van der Waals surface area (Å²) in [5.41, 5.74) is 7.09. The Balaban J connectivity index is 1.65. The molecule has 5 nitrogen and oxygen atoms in total. The monoisotopic (exact) mass is 332 g/mol. The normalized spacial score (nSPS) is 10.9. The molecule has 0 aliphatic heterocycles. The molecule has 3 rings (SSSR count). The quantitative estimate of drug-likeness (QED) is 0.721. The van der Waals surface area contributed by atoms with E-state index >= 15 is 0 Å². The Hall–Kier alpha value is -2.60. The van der Waals surface area contributed by atoms with E-state index in [0.29, 0.717) is 13.0 Å². The van der Waals surface area contributed by atoms with Crippen LogP contribution in [0.15, 0.2) is 42.7 Å². The second-order valence-corrected chi connectivity index (χ2v) is 5.49. The lowest BCUT2D eigenvalue weighted by atomic mass is 10.1. The highest BCUT2D eigenvalue weighted by atomic mass is 35.5. The number of halogens is 2. The maximum atomic E-state index is 13.5. The number of anilines is 1. The molecule has 1 amide bonds. The molecule has 0 aliphatic carbocycles. The average molecular weight is 333 g/mol. The molecule has 0 aliphatic rings. The van der Waals surface area contributed by atoms with Gasteiger partial charge in [0, 0.05) is 30.4 Å². The standard InChI is InChI=1S/C16H14ClFN4O/c17-10-7-12(15(19)13(18)8-10)16(23)20-5-4-11-9-22-6-2-1-3-14(22)21-11/h1-3,6-9H,4-5,19H2,(H,20,23). The van der Waals surface area contributed by atoms with Crippen molar-refractivity contribution in [2.75, 3.05) is 12.3 Å². The molecule has 7 heteroatoms. The van der Waals surface area contributed by atoms with Gasteiger partial charge in [0.15, 0.2) is 0 Å². The van der Waals surface area contributed by atoms with Gasteiger partial charge in [0.2, 0.25) is 0 Å². The number of imidazole rings is 1. The van der Waals surface area contributed by atoms with Crippen LogP contribution in [0.1, 0.15) is 16.1 Å². The molecule has 0 fully saturated rings. The summed E-state index contributed by atoms with van der Waals surface area (Å²) < 4.78 is 15.4. The summed E-state index contributed by atoms with van der Waals surface area (Å²) in [6, 6.07) is 8.14. The van der Waals surface area contributed by atoms with Crippen LogP contribution in [0.4, 0.5) is 10.1 Å². The van der Waals surface area contributed by atoms with Crippen molar-refractivity contribution in [3.8, 4) is 0 Å². The Morgan fingerprint density at radius 3 is 3.00 bits per heavy atom. The first-order chi connectivity index (χ1) is 11.0. The summed E-state index contributed by atoms with van der Waals surface area (Å²) in [6.07, 6.45) is 4.35. The Morgan fingerprint density at radius 2 is 2.22 bits per heavy atom. The molecule has 2 aromatic heterocycles. The van der Waals surface area contributed by atoms with Crippen molar-refractivity contribution in [1.29, 1.82) is 0 Å². The molecule has 3 aromatic rings. The first kappa shape index (κ1) is 15.3. The van der Waals surface area contributed by atoms with Crippen LogP contribution < -0.4 is 11.1 Å². The van der Waals surface area contributed by atoms with Crippen molar-refractivity contribution in [3.63, 3.8) is 0 Å². The fraction of sp³-hybridized carbons (Fsp3) is 0.125. The number of carbonyl (C=O) groups is 1. The van der Waals surface area contributed by atoms with E-state index in [0.717, 1.165) is 17.4 Å². The van der Waals surface area contributed by atoms with E-state index in [1.165, 1.54) is 6.07 Å². The second kappa shape index (κ2) is 6.26. The van der Waals surface area contributed by atoms with Crippen LogP contribution in [-0.4, -0.2) is 21.8 Å². The Bertz CT molecular complexity index is 845. The largest absolute Gasteiger partial charge is 0.396 e. The molecule has 0 spiro atoms. The van der Waals surface area contributed by atoms with Gasteiger partial charge >= 0.3 is 0 Å². The molecule has 0 saturated heterocycles. The summed E-state index contributed by atoms with van der Waals surface area (Å²) in [4.78, 5) is 16.5. The molecule has 0 radical (unpaired) electrons. The number of nitrogen functional groups attached to an aromatic ring is 1. The zero-order chi connectivity index (χ0) is 16.4. The summed E-state index contributed by atoms with van der Waals surface area (Å²) in [5, 5.41) is 2.82. The molecule has 118 valence electrons. The summed E-state index contributed by atoms with van der Waals surface area (Å²) in [6.45, 7) is 0.357. The number of amides is 1. The minimum absolute atomic E-state index is 0.0324. The lowest BCUT2D eigenvalue weighted by Crippen LogP contribution is -2.26. The highest BCUT2D eigenvalue weighted by Crippen LogP contribution is 2.21. The first-order valence-electron chi connectivity index (χ1n) is 7.00. The number of nitrogens with zero attached hydrogens (tertiary/aromatic N) is 2. The number of aromatic nitrogens is 2. The van der Waals surface area contributed by atoms with E-state index in [1.807, 2.05) is 35.0 Å². The Labute approximate surface area is 136 Å². The number of hydrogen-bond acceptors (Lipinski definition) is 3. The van der Waals surface area contributed by atoms with E-state index in [2.05, 4.69) is 10.3 Å². The molecule has 1 aromatic carbocycles. The van der Waals surface area contributed by atoms with Gasteiger partial charge in [-0.2, -0.15) is 0 Å². The molecule has 3 N–H and O–H groups in total. The van der Waals surface area contributed by atoms with Gasteiger partial charge in [0.25, 0.3) is 5.91 Å². The fourth-order valence-corrected chi connectivity index (χ4v) is 2.48. The third-order valence-corrected chi connectivity index (χ3v) is 3.64. The third-order valence-electron chi connectivity index (χ3n) is 3.42. The smallest absolute Gasteiger partial charge is 0.253 e. The fourth-order valence-electron chi connectivity index (χ4n) is 2.28. The van der Waals surface area contributed by atoms with Crippen LogP contribution in [0.3, 0.4) is 0 Å². The van der Waals surface area contributed by atoms with Gasteiger partial charge in [-0.15, -0.1) is 0 Å². The molecule has 0 unspecified atom stereocenters. The Morgan fingerprint density at radius 1 is 1.39 bits per heavy atom. The summed E-state index contributed by atoms with van der Waals surface area (Å²) >= 11 is 5.75. The van der Waals surface area contributed by atoms with Gasteiger partial charge in [-0.3, -0.25) is 4.79 Å². The highest BCUT2D eigenvalue weighted by molar-refractivity contribution is 6.31. The predicted molar refractivity (Wildman–Crippen MR) is 87.1 cm³/mol. The SMILES string of the molecule is Nc1c(F)cc(Cl)cc1C(=O)NCCc1cn2ccccc2n1. The van der Waals surface area contributed by atoms with Gasteiger partial charge in [0.05, 0.1) is 16.9 Å². The van der Waals surface area contributed by atoms with Crippen molar-refractivity contribution < 1.29 is 9.18 Å². The second-order valence-electron chi connectivity index (χ2n) is 5.05. The van der Waals surface area contributed by atoms with Crippen LogP contribution in [0.25, 0.3) is 5.65 Å². The van der Waals surface area contributed by atoms with E-state index in [1.54, 1.807) is 0 Å². The zero-order valence-electron chi connectivity index (χ0n) is 12.1. The number of nitrogens with one attached hydrogen (secondary N) is 1. The molecule has 0 atom stereocenters. The van der Waals surface area contributed by atoms with Crippen LogP contribution in [-0.2, 0) is 6.42 Å². The van der Waals surface area contributed by atoms with Crippen molar-refractivity contribution in [3.05, 3.63) is 64.8 Å². The van der Waals surface area contributed by atoms with Gasteiger partial charge in [0.1, 0.15) is 11.5 Å². The van der Waals surface area contributed by atoms with Gasteiger partial charge < -0.3 is 15.5 Å². The summed E-state index contributed by atoms with van der Waals surface area (Å²) in [5.74, 6) is -1.17. The molecule has 23 heavy (non-hydrogen) atoms. The number of carbonyl (C=O) groups excluding carboxylic acids is 1. The van der Waals surface area contributed by atoms with Crippen molar-refractivity contribution >= 4 is 28.8 Å². The minimum atomic E-state index is -0.706. The Kier molecular flexibility index (Phi) is 4.16. The van der Waals surface area contributed by atoms with Crippen molar-refractivity contribution in [2.45, 2.75) is 6.42 Å².